The van der Waals surface area contributed by atoms with Crippen molar-refractivity contribution >= 4 is 11.9 Å². The number of carboxylic acid groups (broad SMARTS) is 1. The first-order valence-electron chi connectivity index (χ1n) is 5.32. The maximum atomic E-state index is 11.7. The summed E-state index contributed by atoms with van der Waals surface area (Å²) in [4.78, 5) is 22.6. The predicted octanol–water partition coefficient (Wildman–Crippen LogP) is 0.706. The smallest absolute Gasteiger partial charge is 0.326 e. The topological polar surface area (TPSA) is 92.2 Å². The fourth-order valence-corrected chi connectivity index (χ4v) is 1.35. The van der Waals surface area contributed by atoms with Gasteiger partial charge in [0.15, 0.2) is 5.69 Å². The van der Waals surface area contributed by atoms with Gasteiger partial charge in [0.25, 0.3) is 5.91 Å². The lowest BCUT2D eigenvalue weighted by Crippen LogP contribution is -2.41. The van der Waals surface area contributed by atoms with E-state index in [9.17, 15) is 9.59 Å². The maximum Gasteiger partial charge on any atom is 0.326 e. The van der Waals surface area contributed by atoms with E-state index in [1.165, 1.54) is 12.3 Å². The van der Waals surface area contributed by atoms with Gasteiger partial charge in [-0.05, 0) is 24.5 Å². The zero-order valence-corrected chi connectivity index (χ0v) is 9.75. The third-order valence-electron chi connectivity index (χ3n) is 2.12. The van der Waals surface area contributed by atoms with Gasteiger partial charge >= 0.3 is 5.97 Å². The standard InChI is InChI=1S/C11H15N3O3/c1-7(2)6-9(11(16)17)13-10(15)8-4-3-5-12-14-8/h3-5,7,9H,6H2,1-2H3,(H,13,15)(H,16,17)/t9-/m1/s1. The van der Waals surface area contributed by atoms with Crippen molar-refractivity contribution in [2.24, 2.45) is 5.92 Å². The molecule has 0 aromatic carbocycles. The third kappa shape index (κ3) is 4.18. The van der Waals surface area contributed by atoms with Gasteiger partial charge in [-0.1, -0.05) is 13.8 Å². The minimum atomic E-state index is -1.05. The Hall–Kier alpha value is -1.98. The number of nitrogens with zero attached hydrogens (tertiary/aromatic N) is 2. The van der Waals surface area contributed by atoms with Crippen molar-refractivity contribution in [2.75, 3.05) is 0 Å². The quantitative estimate of drug-likeness (QED) is 0.786. The Morgan fingerprint density at radius 2 is 2.18 bits per heavy atom. The summed E-state index contributed by atoms with van der Waals surface area (Å²) in [5.74, 6) is -1.39. The molecule has 0 aliphatic heterocycles. The predicted molar refractivity (Wildman–Crippen MR) is 60.4 cm³/mol. The molecule has 2 N–H and O–H groups in total. The number of nitrogens with one attached hydrogen (secondary N) is 1. The molecular formula is C11H15N3O3. The monoisotopic (exact) mass is 237 g/mol. The van der Waals surface area contributed by atoms with Gasteiger partial charge in [0, 0.05) is 6.20 Å². The number of hydrogen-bond donors (Lipinski definition) is 2. The SMILES string of the molecule is CC(C)C[C@@H](NC(=O)c1cccnn1)C(=O)O. The van der Waals surface area contributed by atoms with Gasteiger partial charge in [-0.25, -0.2) is 4.79 Å². The van der Waals surface area contributed by atoms with Crippen molar-refractivity contribution in [3.63, 3.8) is 0 Å². The maximum absolute atomic E-state index is 11.7. The molecule has 0 saturated heterocycles. The fraction of sp³-hybridized carbons (Fsp3) is 0.455. The van der Waals surface area contributed by atoms with Crippen LogP contribution in [0.2, 0.25) is 0 Å². The average molecular weight is 237 g/mol. The highest BCUT2D eigenvalue weighted by Gasteiger charge is 2.22. The molecule has 1 heterocycles. The number of carbonyl (C=O) groups excluding carboxylic acids is 1. The van der Waals surface area contributed by atoms with E-state index in [2.05, 4.69) is 15.5 Å². The number of rotatable bonds is 5. The molecule has 1 aromatic rings. The lowest BCUT2D eigenvalue weighted by molar-refractivity contribution is -0.139. The van der Waals surface area contributed by atoms with Crippen molar-refractivity contribution < 1.29 is 14.7 Å². The molecule has 1 rings (SSSR count). The van der Waals surface area contributed by atoms with E-state index in [0.717, 1.165) is 0 Å². The zero-order chi connectivity index (χ0) is 12.8. The summed E-state index contributed by atoms with van der Waals surface area (Å²) in [5.41, 5.74) is 0.113. The van der Waals surface area contributed by atoms with Crippen LogP contribution in [-0.2, 0) is 4.79 Å². The average Bonchev–Trinajstić information content (AvgIpc) is 2.28. The van der Waals surface area contributed by atoms with E-state index in [0.29, 0.717) is 6.42 Å². The number of amides is 1. The van der Waals surface area contributed by atoms with Crippen molar-refractivity contribution in [3.05, 3.63) is 24.0 Å². The van der Waals surface area contributed by atoms with E-state index >= 15 is 0 Å². The summed E-state index contributed by atoms with van der Waals surface area (Å²) in [6.07, 6.45) is 1.82. The summed E-state index contributed by atoms with van der Waals surface area (Å²) in [7, 11) is 0. The number of carboxylic acids is 1. The minimum Gasteiger partial charge on any atom is -0.480 e. The molecule has 0 bridgehead atoms. The Kier molecular flexibility index (Phi) is 4.56. The molecule has 17 heavy (non-hydrogen) atoms. The van der Waals surface area contributed by atoms with Crippen molar-refractivity contribution in [2.45, 2.75) is 26.3 Å². The van der Waals surface area contributed by atoms with Gasteiger partial charge < -0.3 is 10.4 Å². The van der Waals surface area contributed by atoms with Crippen LogP contribution in [0.5, 0.6) is 0 Å². The molecule has 6 heteroatoms. The summed E-state index contributed by atoms with van der Waals surface area (Å²) >= 11 is 0. The molecule has 0 unspecified atom stereocenters. The minimum absolute atomic E-state index is 0.113. The molecule has 0 aliphatic carbocycles. The Labute approximate surface area is 99.1 Å². The van der Waals surface area contributed by atoms with Crippen LogP contribution >= 0.6 is 0 Å². The Bertz CT molecular complexity index is 392. The highest BCUT2D eigenvalue weighted by atomic mass is 16.4. The molecule has 0 radical (unpaired) electrons. The number of aliphatic carboxylic acids is 1. The van der Waals surface area contributed by atoms with Crippen molar-refractivity contribution in [1.29, 1.82) is 0 Å². The van der Waals surface area contributed by atoms with Gasteiger partial charge in [0.05, 0.1) is 0 Å². The van der Waals surface area contributed by atoms with Crippen molar-refractivity contribution in [1.82, 2.24) is 15.5 Å². The molecule has 0 fully saturated rings. The molecule has 92 valence electrons. The molecule has 1 aromatic heterocycles. The van der Waals surface area contributed by atoms with Gasteiger partial charge in [-0.15, -0.1) is 5.10 Å². The van der Waals surface area contributed by atoms with Crippen LogP contribution in [-0.4, -0.2) is 33.2 Å². The summed E-state index contributed by atoms with van der Waals surface area (Å²) < 4.78 is 0. The highest BCUT2D eigenvalue weighted by molar-refractivity contribution is 5.94. The first-order valence-corrected chi connectivity index (χ1v) is 5.32. The molecule has 1 atom stereocenters. The summed E-state index contributed by atoms with van der Waals surface area (Å²) in [5, 5.41) is 18.6. The summed E-state index contributed by atoms with van der Waals surface area (Å²) in [6.45, 7) is 3.79. The Morgan fingerprint density at radius 3 is 2.65 bits per heavy atom. The number of carbonyl (C=O) groups is 2. The number of hydrogen-bond acceptors (Lipinski definition) is 4. The van der Waals surface area contributed by atoms with Crippen LogP contribution < -0.4 is 5.32 Å². The van der Waals surface area contributed by atoms with Gasteiger partial charge in [-0.2, -0.15) is 5.10 Å². The van der Waals surface area contributed by atoms with Crippen LogP contribution in [0.15, 0.2) is 18.3 Å². The highest BCUT2D eigenvalue weighted by Crippen LogP contribution is 2.05. The van der Waals surface area contributed by atoms with Gasteiger partial charge in [0.1, 0.15) is 6.04 Å². The number of aromatic nitrogens is 2. The van der Waals surface area contributed by atoms with Gasteiger partial charge in [0.2, 0.25) is 0 Å². The molecule has 0 spiro atoms. The third-order valence-corrected chi connectivity index (χ3v) is 2.12. The Balaban J connectivity index is 2.68. The fourth-order valence-electron chi connectivity index (χ4n) is 1.35. The molecular weight excluding hydrogens is 222 g/mol. The van der Waals surface area contributed by atoms with Crippen LogP contribution in [0.4, 0.5) is 0 Å². The molecule has 0 saturated carbocycles. The molecule has 1 amide bonds. The van der Waals surface area contributed by atoms with Crippen molar-refractivity contribution in [3.8, 4) is 0 Å². The van der Waals surface area contributed by atoms with E-state index in [-0.39, 0.29) is 11.6 Å². The first-order chi connectivity index (χ1) is 8.00. The normalized spacial score (nSPS) is 12.2. The lowest BCUT2D eigenvalue weighted by Gasteiger charge is -2.15. The Morgan fingerprint density at radius 1 is 1.47 bits per heavy atom. The van der Waals surface area contributed by atoms with Crippen LogP contribution in [0, 0.1) is 5.92 Å². The van der Waals surface area contributed by atoms with Crippen LogP contribution in [0.1, 0.15) is 30.8 Å². The zero-order valence-electron chi connectivity index (χ0n) is 9.75. The largest absolute Gasteiger partial charge is 0.480 e. The second kappa shape index (κ2) is 5.93. The van der Waals surface area contributed by atoms with Crippen LogP contribution in [0.25, 0.3) is 0 Å². The van der Waals surface area contributed by atoms with E-state index in [4.69, 9.17) is 5.11 Å². The second-order valence-electron chi connectivity index (χ2n) is 4.10. The van der Waals surface area contributed by atoms with Crippen LogP contribution in [0.3, 0.4) is 0 Å². The van der Waals surface area contributed by atoms with E-state index in [1.807, 2.05) is 13.8 Å². The molecule has 0 aliphatic rings. The molecule has 6 nitrogen and oxygen atoms in total. The lowest BCUT2D eigenvalue weighted by atomic mass is 10.0. The first kappa shape index (κ1) is 13.1. The van der Waals surface area contributed by atoms with E-state index < -0.39 is 17.9 Å². The van der Waals surface area contributed by atoms with Gasteiger partial charge in [-0.3, -0.25) is 4.79 Å². The van der Waals surface area contributed by atoms with E-state index in [1.54, 1.807) is 6.07 Å². The summed E-state index contributed by atoms with van der Waals surface area (Å²) in [6, 6.07) is 2.15. The second-order valence-corrected chi connectivity index (χ2v) is 4.10.